The Hall–Kier alpha value is -0.530. The summed E-state index contributed by atoms with van der Waals surface area (Å²) in [6.45, 7) is 8.60. The normalized spacial score (nSPS) is 37.9. The molecule has 86 valence electrons. The highest BCUT2D eigenvalue weighted by molar-refractivity contribution is 5.78. The Kier molecular flexibility index (Phi) is 2.19. The van der Waals surface area contributed by atoms with E-state index in [0.717, 1.165) is 0 Å². The molecule has 0 spiro atoms. The Morgan fingerprint density at radius 2 is 1.80 bits per heavy atom. The van der Waals surface area contributed by atoms with E-state index >= 15 is 0 Å². The molecule has 3 saturated carbocycles. The van der Waals surface area contributed by atoms with Gasteiger partial charge in [0.1, 0.15) is 0 Å². The Labute approximate surface area is 92.8 Å². The summed E-state index contributed by atoms with van der Waals surface area (Å²) in [5.41, 5.74) is 0.948. The van der Waals surface area contributed by atoms with E-state index < -0.39 is 0 Å². The van der Waals surface area contributed by atoms with Crippen molar-refractivity contribution in [1.29, 1.82) is 0 Å². The van der Waals surface area contributed by atoms with Crippen molar-refractivity contribution in [2.24, 2.45) is 10.8 Å². The third-order valence-electron chi connectivity index (χ3n) is 3.99. The van der Waals surface area contributed by atoms with Crippen LogP contribution in [0.5, 0.6) is 0 Å². The van der Waals surface area contributed by atoms with Crippen LogP contribution in [-0.2, 0) is 4.79 Å². The smallest absolute Gasteiger partial charge is 0.220 e. The van der Waals surface area contributed by atoms with Crippen molar-refractivity contribution in [2.45, 2.75) is 65.3 Å². The Bertz CT molecular complexity index is 268. The lowest BCUT2D eigenvalue weighted by molar-refractivity contribution is -0.167. The summed E-state index contributed by atoms with van der Waals surface area (Å²) in [6.07, 6.45) is 5.61. The SMILES string of the molecule is CCC12CC(NC(=O)CC(C)(C)C)(C1)C2. The van der Waals surface area contributed by atoms with Crippen LogP contribution in [-0.4, -0.2) is 11.4 Å². The number of rotatable bonds is 3. The minimum atomic E-state index is 0.107. The molecular weight excluding hydrogens is 186 g/mol. The number of hydrogen-bond acceptors (Lipinski definition) is 1. The molecule has 3 aliphatic carbocycles. The third-order valence-corrected chi connectivity index (χ3v) is 3.99. The first-order valence-corrected chi connectivity index (χ1v) is 6.09. The molecule has 0 radical (unpaired) electrons. The van der Waals surface area contributed by atoms with Gasteiger partial charge in [0, 0.05) is 12.0 Å². The number of hydrogen-bond donors (Lipinski definition) is 1. The molecule has 0 saturated heterocycles. The van der Waals surface area contributed by atoms with Gasteiger partial charge >= 0.3 is 0 Å². The van der Waals surface area contributed by atoms with Gasteiger partial charge < -0.3 is 5.32 Å². The summed E-state index contributed by atoms with van der Waals surface area (Å²) in [5, 5.41) is 3.24. The van der Waals surface area contributed by atoms with Crippen LogP contribution in [0.2, 0.25) is 0 Å². The first kappa shape index (κ1) is 11.0. The van der Waals surface area contributed by atoms with Gasteiger partial charge in [-0.15, -0.1) is 0 Å². The average molecular weight is 209 g/mol. The first-order valence-electron chi connectivity index (χ1n) is 6.09. The fourth-order valence-corrected chi connectivity index (χ4v) is 3.33. The highest BCUT2D eigenvalue weighted by Crippen LogP contribution is 2.68. The van der Waals surface area contributed by atoms with E-state index in [-0.39, 0.29) is 16.9 Å². The fraction of sp³-hybridized carbons (Fsp3) is 0.923. The van der Waals surface area contributed by atoms with Crippen molar-refractivity contribution in [3.63, 3.8) is 0 Å². The van der Waals surface area contributed by atoms with Gasteiger partial charge in [-0.2, -0.15) is 0 Å². The molecular formula is C13H23NO. The van der Waals surface area contributed by atoms with Crippen molar-refractivity contribution in [1.82, 2.24) is 5.32 Å². The highest BCUT2D eigenvalue weighted by atomic mass is 16.1. The predicted molar refractivity (Wildman–Crippen MR) is 61.5 cm³/mol. The second kappa shape index (κ2) is 2.99. The van der Waals surface area contributed by atoms with Crippen molar-refractivity contribution >= 4 is 5.91 Å². The maximum absolute atomic E-state index is 11.8. The Balaban J connectivity index is 1.79. The summed E-state index contributed by atoms with van der Waals surface area (Å²) >= 11 is 0. The summed E-state index contributed by atoms with van der Waals surface area (Å²) in [6, 6.07) is 0. The zero-order chi connectivity index (χ0) is 11.3. The molecule has 0 atom stereocenters. The molecule has 2 nitrogen and oxygen atoms in total. The molecule has 0 aromatic carbocycles. The fourth-order valence-electron chi connectivity index (χ4n) is 3.33. The van der Waals surface area contributed by atoms with Crippen molar-refractivity contribution in [3.8, 4) is 0 Å². The van der Waals surface area contributed by atoms with E-state index in [1.807, 2.05) is 0 Å². The molecule has 3 fully saturated rings. The summed E-state index contributed by atoms with van der Waals surface area (Å²) < 4.78 is 0. The van der Waals surface area contributed by atoms with E-state index in [4.69, 9.17) is 0 Å². The monoisotopic (exact) mass is 209 g/mol. The lowest BCUT2D eigenvalue weighted by Crippen LogP contribution is -2.74. The van der Waals surface area contributed by atoms with Gasteiger partial charge in [0.05, 0.1) is 0 Å². The molecule has 2 heteroatoms. The maximum Gasteiger partial charge on any atom is 0.220 e. The van der Waals surface area contributed by atoms with Crippen LogP contribution in [0, 0.1) is 10.8 Å². The molecule has 1 amide bonds. The topological polar surface area (TPSA) is 29.1 Å². The van der Waals surface area contributed by atoms with Gasteiger partial charge in [-0.3, -0.25) is 4.79 Å². The van der Waals surface area contributed by atoms with Crippen LogP contribution in [0.4, 0.5) is 0 Å². The van der Waals surface area contributed by atoms with Crippen LogP contribution in [0.1, 0.15) is 59.8 Å². The maximum atomic E-state index is 11.8. The predicted octanol–water partition coefficient (Wildman–Crippen LogP) is 2.87. The molecule has 0 unspecified atom stereocenters. The van der Waals surface area contributed by atoms with E-state index in [2.05, 4.69) is 33.0 Å². The molecule has 1 N–H and O–H groups in total. The number of amides is 1. The molecule has 0 aromatic heterocycles. The van der Waals surface area contributed by atoms with E-state index in [1.165, 1.54) is 25.7 Å². The zero-order valence-electron chi connectivity index (χ0n) is 10.4. The van der Waals surface area contributed by atoms with Crippen LogP contribution in [0.3, 0.4) is 0 Å². The third kappa shape index (κ3) is 1.91. The quantitative estimate of drug-likeness (QED) is 0.761. The number of carbonyl (C=O) groups excluding carboxylic acids is 1. The molecule has 15 heavy (non-hydrogen) atoms. The van der Waals surface area contributed by atoms with Gasteiger partial charge in [0.2, 0.25) is 5.91 Å². The van der Waals surface area contributed by atoms with Crippen molar-refractivity contribution < 1.29 is 4.79 Å². The largest absolute Gasteiger partial charge is 0.351 e. The molecule has 0 aromatic rings. The zero-order valence-corrected chi connectivity index (χ0v) is 10.4. The van der Waals surface area contributed by atoms with Crippen LogP contribution >= 0.6 is 0 Å². The van der Waals surface area contributed by atoms with Crippen LogP contribution in [0.25, 0.3) is 0 Å². The minimum Gasteiger partial charge on any atom is -0.351 e. The van der Waals surface area contributed by atoms with Gasteiger partial charge in [0.25, 0.3) is 0 Å². The standard InChI is InChI=1S/C13H23NO/c1-5-12-7-13(8-12,9-12)14-10(15)6-11(2,3)4/h5-9H2,1-4H3,(H,14,15). The Morgan fingerprint density at radius 1 is 1.27 bits per heavy atom. The molecule has 2 bridgehead atoms. The summed E-state index contributed by atoms with van der Waals surface area (Å²) in [4.78, 5) is 11.8. The molecule has 0 heterocycles. The molecule has 3 rings (SSSR count). The first-order chi connectivity index (χ1) is 6.78. The average Bonchev–Trinajstić information content (AvgIpc) is 1.89. The van der Waals surface area contributed by atoms with Crippen molar-refractivity contribution in [3.05, 3.63) is 0 Å². The summed E-state index contributed by atoms with van der Waals surface area (Å²) in [7, 11) is 0. The second-order valence-corrected chi connectivity index (χ2v) is 6.95. The molecule has 3 aliphatic rings. The van der Waals surface area contributed by atoms with E-state index in [0.29, 0.717) is 11.8 Å². The second-order valence-electron chi connectivity index (χ2n) is 6.95. The number of carbonyl (C=O) groups is 1. The van der Waals surface area contributed by atoms with Crippen LogP contribution < -0.4 is 5.32 Å². The lowest BCUT2D eigenvalue weighted by atomic mass is 9.38. The number of nitrogens with one attached hydrogen (secondary N) is 1. The lowest BCUT2D eigenvalue weighted by Gasteiger charge is -2.71. The Morgan fingerprint density at radius 3 is 2.20 bits per heavy atom. The van der Waals surface area contributed by atoms with Gasteiger partial charge in [-0.25, -0.2) is 0 Å². The summed E-state index contributed by atoms with van der Waals surface area (Å²) in [5.74, 6) is 0.243. The van der Waals surface area contributed by atoms with Crippen LogP contribution in [0.15, 0.2) is 0 Å². The highest BCUT2D eigenvalue weighted by Gasteiger charge is 2.67. The minimum absolute atomic E-state index is 0.107. The van der Waals surface area contributed by atoms with Gasteiger partial charge in [0.15, 0.2) is 0 Å². The van der Waals surface area contributed by atoms with E-state index in [9.17, 15) is 4.79 Å². The van der Waals surface area contributed by atoms with Gasteiger partial charge in [-0.1, -0.05) is 34.1 Å². The van der Waals surface area contributed by atoms with Gasteiger partial charge in [-0.05, 0) is 30.1 Å². The van der Waals surface area contributed by atoms with E-state index in [1.54, 1.807) is 0 Å². The molecule has 0 aliphatic heterocycles. The van der Waals surface area contributed by atoms with Crippen molar-refractivity contribution in [2.75, 3.05) is 0 Å².